The van der Waals surface area contributed by atoms with Gasteiger partial charge >= 0.3 is 0 Å². The Hall–Kier alpha value is -3.51. The van der Waals surface area contributed by atoms with Gasteiger partial charge in [-0.25, -0.2) is 14.4 Å². The molecule has 1 amide bonds. The summed E-state index contributed by atoms with van der Waals surface area (Å²) in [7, 11) is 0. The van der Waals surface area contributed by atoms with Crippen molar-refractivity contribution in [1.82, 2.24) is 25.1 Å². The fourth-order valence-corrected chi connectivity index (χ4v) is 2.98. The van der Waals surface area contributed by atoms with Crippen LogP contribution in [0.4, 0.5) is 16.0 Å². The molecule has 1 saturated carbocycles. The Labute approximate surface area is 170 Å². The van der Waals surface area contributed by atoms with Crippen molar-refractivity contribution in [2.45, 2.75) is 18.9 Å². The van der Waals surface area contributed by atoms with Gasteiger partial charge in [-0.05, 0) is 25.0 Å². The third-order valence-corrected chi connectivity index (χ3v) is 4.63. The molecule has 1 aliphatic carbocycles. The number of carbonyl (C=O) groups excluding carboxylic acids is 1. The lowest BCUT2D eigenvalue weighted by atomic mass is 10.1. The number of nitrogens with zero attached hydrogens (tertiary/aromatic N) is 5. The van der Waals surface area contributed by atoms with Gasteiger partial charge in [-0.2, -0.15) is 10.4 Å². The molecule has 2 N–H and O–H groups in total. The van der Waals surface area contributed by atoms with Crippen LogP contribution in [0, 0.1) is 17.1 Å². The third kappa shape index (κ3) is 4.02. The van der Waals surface area contributed by atoms with Crippen LogP contribution in [0.25, 0.3) is 11.3 Å². The molecule has 8 nitrogen and oxygen atoms in total. The topological polar surface area (TPSA) is 109 Å². The fraction of sp³-hybridized carbons (Fsp3) is 0.211. The van der Waals surface area contributed by atoms with Gasteiger partial charge in [-0.15, -0.1) is 0 Å². The highest BCUT2D eigenvalue weighted by Crippen LogP contribution is 2.35. The standard InChI is InChI=1S/C19H15ClFN7O/c20-15-9-24-19(26-11-8-25-28(10-11)12-4-5-12)27-17(15)13-2-1-3-14(16(13)21)18(29)23-7-6-22/h1-3,8-10,12H,4-5,7H2,(H,23,29)(H,24,26,27). The van der Waals surface area contributed by atoms with Gasteiger partial charge in [-0.1, -0.05) is 17.7 Å². The summed E-state index contributed by atoms with van der Waals surface area (Å²) < 4.78 is 16.9. The predicted octanol–water partition coefficient (Wildman–Crippen LogP) is 3.46. The maximum absolute atomic E-state index is 15.0. The summed E-state index contributed by atoms with van der Waals surface area (Å²) >= 11 is 6.20. The van der Waals surface area contributed by atoms with Crippen molar-refractivity contribution in [2.24, 2.45) is 0 Å². The second-order valence-electron chi connectivity index (χ2n) is 6.46. The van der Waals surface area contributed by atoms with Crippen LogP contribution in [0.2, 0.25) is 5.02 Å². The van der Waals surface area contributed by atoms with E-state index in [2.05, 4.69) is 25.7 Å². The van der Waals surface area contributed by atoms with E-state index in [1.165, 1.54) is 24.4 Å². The number of benzene rings is 1. The zero-order chi connectivity index (χ0) is 20.4. The minimum Gasteiger partial charge on any atom is -0.339 e. The van der Waals surface area contributed by atoms with Crippen LogP contribution in [-0.4, -0.2) is 32.2 Å². The van der Waals surface area contributed by atoms with Crippen molar-refractivity contribution in [2.75, 3.05) is 11.9 Å². The van der Waals surface area contributed by atoms with E-state index in [1.54, 1.807) is 12.3 Å². The average Bonchev–Trinajstić information content (AvgIpc) is 3.47. The number of nitrogens with one attached hydrogen (secondary N) is 2. The number of amides is 1. The molecule has 0 saturated heterocycles. The smallest absolute Gasteiger partial charge is 0.255 e. The van der Waals surface area contributed by atoms with Crippen molar-refractivity contribution >= 4 is 29.1 Å². The molecule has 3 aromatic rings. The second-order valence-corrected chi connectivity index (χ2v) is 6.87. The molecule has 1 aromatic carbocycles. The van der Waals surface area contributed by atoms with Gasteiger partial charge < -0.3 is 10.6 Å². The van der Waals surface area contributed by atoms with E-state index in [-0.39, 0.29) is 34.3 Å². The van der Waals surface area contributed by atoms with Crippen LogP contribution in [-0.2, 0) is 0 Å². The van der Waals surface area contributed by atoms with Gasteiger partial charge in [0.2, 0.25) is 5.95 Å². The largest absolute Gasteiger partial charge is 0.339 e. The number of carbonyl (C=O) groups is 1. The monoisotopic (exact) mass is 411 g/mol. The summed E-state index contributed by atoms with van der Waals surface area (Å²) in [5.74, 6) is -1.25. The molecule has 1 aliphatic rings. The Bertz CT molecular complexity index is 1120. The molecule has 0 unspecified atom stereocenters. The highest BCUT2D eigenvalue weighted by molar-refractivity contribution is 6.33. The molecular formula is C19H15ClFN7O. The zero-order valence-electron chi connectivity index (χ0n) is 15.1. The first-order valence-electron chi connectivity index (χ1n) is 8.84. The first-order valence-corrected chi connectivity index (χ1v) is 9.22. The third-order valence-electron chi connectivity index (χ3n) is 4.35. The Morgan fingerprint density at radius 2 is 2.21 bits per heavy atom. The van der Waals surface area contributed by atoms with Crippen molar-refractivity contribution < 1.29 is 9.18 Å². The Kier molecular flexibility index (Phi) is 5.10. The molecule has 4 rings (SSSR count). The summed E-state index contributed by atoms with van der Waals surface area (Å²) in [4.78, 5) is 20.5. The van der Waals surface area contributed by atoms with E-state index >= 15 is 0 Å². The molecule has 0 atom stereocenters. The first kappa shape index (κ1) is 18.8. The highest BCUT2D eigenvalue weighted by Gasteiger charge is 2.24. The lowest BCUT2D eigenvalue weighted by Crippen LogP contribution is -2.24. The summed E-state index contributed by atoms with van der Waals surface area (Å²) in [5.41, 5.74) is 0.702. The number of aromatic nitrogens is 4. The lowest BCUT2D eigenvalue weighted by molar-refractivity contribution is 0.0954. The molecule has 0 aliphatic heterocycles. The summed E-state index contributed by atoms with van der Waals surface area (Å²) in [6.45, 7) is -0.223. The van der Waals surface area contributed by atoms with Crippen LogP contribution < -0.4 is 10.6 Å². The van der Waals surface area contributed by atoms with Gasteiger partial charge in [0.25, 0.3) is 5.91 Å². The average molecular weight is 412 g/mol. The van der Waals surface area contributed by atoms with E-state index in [9.17, 15) is 9.18 Å². The fourth-order valence-electron chi connectivity index (χ4n) is 2.79. The molecule has 2 aromatic heterocycles. The first-order chi connectivity index (χ1) is 14.1. The maximum atomic E-state index is 15.0. The lowest BCUT2D eigenvalue weighted by Gasteiger charge is -2.10. The van der Waals surface area contributed by atoms with Crippen molar-refractivity contribution in [1.29, 1.82) is 5.26 Å². The number of hydrogen-bond acceptors (Lipinski definition) is 6. The van der Waals surface area contributed by atoms with E-state index in [0.29, 0.717) is 11.7 Å². The van der Waals surface area contributed by atoms with Gasteiger partial charge in [0, 0.05) is 11.8 Å². The van der Waals surface area contributed by atoms with Crippen LogP contribution in [0.5, 0.6) is 0 Å². The van der Waals surface area contributed by atoms with Gasteiger partial charge in [0.1, 0.15) is 12.4 Å². The maximum Gasteiger partial charge on any atom is 0.255 e. The van der Waals surface area contributed by atoms with Crippen LogP contribution >= 0.6 is 11.6 Å². The molecular weight excluding hydrogens is 397 g/mol. The SMILES string of the molecule is N#CCNC(=O)c1cccc(-c2nc(Nc3cnn(C4CC4)c3)ncc2Cl)c1F. The molecule has 0 radical (unpaired) electrons. The van der Waals surface area contributed by atoms with Crippen LogP contribution in [0.1, 0.15) is 29.2 Å². The van der Waals surface area contributed by atoms with Crippen molar-refractivity contribution in [3.63, 3.8) is 0 Å². The van der Waals surface area contributed by atoms with E-state index < -0.39 is 11.7 Å². The predicted molar refractivity (Wildman–Crippen MR) is 104 cm³/mol. The Morgan fingerprint density at radius 3 is 2.97 bits per heavy atom. The van der Waals surface area contributed by atoms with E-state index in [4.69, 9.17) is 16.9 Å². The highest BCUT2D eigenvalue weighted by atomic mass is 35.5. The molecule has 10 heteroatoms. The molecule has 2 heterocycles. The van der Waals surface area contributed by atoms with Gasteiger partial charge in [-0.3, -0.25) is 9.48 Å². The number of nitriles is 1. The number of rotatable bonds is 6. The Balaban J connectivity index is 1.63. The molecule has 0 bridgehead atoms. The molecule has 1 fully saturated rings. The Morgan fingerprint density at radius 1 is 1.38 bits per heavy atom. The van der Waals surface area contributed by atoms with Gasteiger partial charge in [0.05, 0.1) is 46.5 Å². The summed E-state index contributed by atoms with van der Waals surface area (Å²) in [5, 5.41) is 18.3. The van der Waals surface area contributed by atoms with Gasteiger partial charge in [0.15, 0.2) is 0 Å². The number of halogens is 2. The number of anilines is 2. The quantitative estimate of drug-likeness (QED) is 0.601. The van der Waals surface area contributed by atoms with E-state index in [1.807, 2.05) is 10.9 Å². The second kappa shape index (κ2) is 7.85. The normalized spacial score (nSPS) is 13.0. The van der Waals surface area contributed by atoms with Crippen LogP contribution in [0.3, 0.4) is 0 Å². The minimum atomic E-state index is -0.781. The molecule has 29 heavy (non-hydrogen) atoms. The van der Waals surface area contributed by atoms with Crippen molar-refractivity contribution in [3.05, 3.63) is 53.2 Å². The zero-order valence-corrected chi connectivity index (χ0v) is 15.8. The molecule has 146 valence electrons. The van der Waals surface area contributed by atoms with Crippen LogP contribution in [0.15, 0.2) is 36.8 Å². The van der Waals surface area contributed by atoms with Crippen molar-refractivity contribution in [3.8, 4) is 17.3 Å². The minimum absolute atomic E-state index is 0.0544. The summed E-state index contributed by atoms with van der Waals surface area (Å²) in [6.07, 6.45) is 7.10. The summed E-state index contributed by atoms with van der Waals surface area (Å²) in [6, 6.07) is 6.53. The van der Waals surface area contributed by atoms with E-state index in [0.717, 1.165) is 12.8 Å². The number of hydrogen-bond donors (Lipinski definition) is 2. The molecule has 0 spiro atoms.